The van der Waals surface area contributed by atoms with Crippen LogP contribution in [0.15, 0.2) is 23.4 Å². The summed E-state index contributed by atoms with van der Waals surface area (Å²) in [5.74, 6) is 0. The Morgan fingerprint density at radius 3 is 2.39 bits per heavy atom. The Hall–Kier alpha value is -0.820. The highest BCUT2D eigenvalue weighted by Gasteiger charge is 2.34. The zero-order chi connectivity index (χ0) is 16.3. The van der Waals surface area contributed by atoms with Gasteiger partial charge < -0.3 is 14.9 Å². The van der Waals surface area contributed by atoms with Gasteiger partial charge in [0.05, 0.1) is 22.5 Å². The molecule has 2 fully saturated rings. The van der Waals surface area contributed by atoms with Crippen LogP contribution in [0.25, 0.3) is 0 Å². The normalized spacial score (nSPS) is 23.2. The van der Waals surface area contributed by atoms with Gasteiger partial charge in [-0.2, -0.15) is 0 Å². The molecule has 3 rings (SSSR count). The van der Waals surface area contributed by atoms with Crippen LogP contribution in [0.5, 0.6) is 0 Å². The molecule has 0 radical (unpaired) electrons. The topological polar surface area (TPSA) is 42.8 Å². The molecule has 2 saturated heterocycles. The van der Waals surface area contributed by atoms with Crippen LogP contribution in [0.4, 0.5) is 5.69 Å². The zero-order valence-corrected chi connectivity index (χ0v) is 15.1. The highest BCUT2D eigenvalue weighted by Crippen LogP contribution is 2.27. The summed E-state index contributed by atoms with van der Waals surface area (Å²) in [5.41, 5.74) is 0.642. The number of aromatic nitrogens is 1. The van der Waals surface area contributed by atoms with Gasteiger partial charge in [-0.3, -0.25) is 4.90 Å². The fourth-order valence-electron chi connectivity index (χ4n) is 3.44. The third-order valence-electron chi connectivity index (χ3n) is 5.10. The molecule has 0 saturated carbocycles. The van der Waals surface area contributed by atoms with Crippen LogP contribution in [0.3, 0.4) is 0 Å². The van der Waals surface area contributed by atoms with Crippen LogP contribution in [0.1, 0.15) is 12.8 Å². The van der Waals surface area contributed by atoms with E-state index in [0.29, 0.717) is 0 Å². The third kappa shape index (κ3) is 4.38. The second kappa shape index (κ2) is 7.38. The Balaban J connectivity index is 1.52. The summed E-state index contributed by atoms with van der Waals surface area (Å²) in [7, 11) is 2.17. The number of hydrogen-bond donors (Lipinski definition) is 1. The molecule has 0 aromatic carbocycles. The third-order valence-corrected chi connectivity index (χ3v) is 5.76. The van der Waals surface area contributed by atoms with Gasteiger partial charge >= 0.3 is 0 Å². The van der Waals surface area contributed by atoms with Crippen LogP contribution in [-0.2, 0) is 0 Å². The first-order valence-electron chi connectivity index (χ1n) is 8.46. The SMILES string of the molecule is CSc1ccc(N2CCC(O)(CN3CCN(C)CC3)CC2)cn1. The van der Waals surface area contributed by atoms with Crippen LogP contribution >= 0.6 is 11.8 Å². The number of nitrogens with zero attached hydrogens (tertiary/aromatic N) is 4. The van der Waals surface area contributed by atoms with Crippen molar-refractivity contribution in [3.05, 3.63) is 18.3 Å². The van der Waals surface area contributed by atoms with E-state index in [9.17, 15) is 5.11 Å². The number of piperidine rings is 1. The van der Waals surface area contributed by atoms with Crippen LogP contribution in [0.2, 0.25) is 0 Å². The first-order chi connectivity index (χ1) is 11.1. The van der Waals surface area contributed by atoms with Crippen LogP contribution in [0, 0.1) is 0 Å². The van der Waals surface area contributed by atoms with Crippen LogP contribution < -0.4 is 4.90 Å². The minimum Gasteiger partial charge on any atom is -0.388 e. The Labute approximate surface area is 143 Å². The summed E-state index contributed by atoms with van der Waals surface area (Å²) in [6, 6.07) is 4.22. The molecule has 0 bridgehead atoms. The maximum atomic E-state index is 10.9. The monoisotopic (exact) mass is 336 g/mol. The molecule has 0 aliphatic carbocycles. The predicted molar refractivity (Wildman–Crippen MR) is 96.4 cm³/mol. The molecule has 1 aromatic rings. The lowest BCUT2D eigenvalue weighted by atomic mass is 9.90. The molecule has 128 valence electrons. The van der Waals surface area contributed by atoms with Gasteiger partial charge in [0.15, 0.2) is 0 Å². The first-order valence-corrected chi connectivity index (χ1v) is 9.69. The van der Waals surface area contributed by atoms with E-state index in [1.807, 2.05) is 12.5 Å². The molecular weight excluding hydrogens is 308 g/mol. The average Bonchev–Trinajstić information content (AvgIpc) is 2.58. The summed E-state index contributed by atoms with van der Waals surface area (Å²) in [6.07, 6.45) is 5.67. The average molecular weight is 337 g/mol. The van der Waals surface area contributed by atoms with E-state index in [-0.39, 0.29) is 0 Å². The highest BCUT2D eigenvalue weighted by molar-refractivity contribution is 7.98. The molecule has 6 heteroatoms. The molecule has 0 atom stereocenters. The molecule has 2 aliphatic heterocycles. The van der Waals surface area contributed by atoms with Crippen molar-refractivity contribution in [1.29, 1.82) is 0 Å². The molecule has 0 spiro atoms. The van der Waals surface area contributed by atoms with Gasteiger partial charge in [-0.1, -0.05) is 0 Å². The quantitative estimate of drug-likeness (QED) is 0.838. The number of anilines is 1. The maximum absolute atomic E-state index is 10.9. The van der Waals surface area contributed by atoms with Crippen molar-refractivity contribution >= 4 is 17.4 Å². The number of piperazine rings is 1. The molecule has 23 heavy (non-hydrogen) atoms. The maximum Gasteiger partial charge on any atom is 0.0958 e. The predicted octanol–water partition coefficient (Wildman–Crippen LogP) is 1.38. The molecule has 1 N–H and O–H groups in total. The van der Waals surface area contributed by atoms with E-state index in [1.54, 1.807) is 11.8 Å². The van der Waals surface area contributed by atoms with Crippen molar-refractivity contribution in [2.75, 3.05) is 64.0 Å². The Bertz CT molecular complexity index is 494. The van der Waals surface area contributed by atoms with Crippen molar-refractivity contribution in [2.45, 2.75) is 23.5 Å². The summed E-state index contributed by atoms with van der Waals surface area (Å²) in [4.78, 5) is 11.6. The molecular formula is C17H28N4OS. The lowest BCUT2D eigenvalue weighted by Gasteiger charge is -2.43. The minimum atomic E-state index is -0.529. The second-order valence-electron chi connectivity index (χ2n) is 6.85. The van der Waals surface area contributed by atoms with Crippen LogP contribution in [-0.4, -0.2) is 84.6 Å². The van der Waals surface area contributed by atoms with Crippen molar-refractivity contribution in [2.24, 2.45) is 0 Å². The number of aliphatic hydroxyl groups is 1. The van der Waals surface area contributed by atoms with Gasteiger partial charge in [0.25, 0.3) is 0 Å². The lowest BCUT2D eigenvalue weighted by Crippen LogP contribution is -2.54. The highest BCUT2D eigenvalue weighted by atomic mass is 32.2. The second-order valence-corrected chi connectivity index (χ2v) is 7.68. The summed E-state index contributed by atoms with van der Waals surface area (Å²) in [5, 5.41) is 12.0. The van der Waals surface area contributed by atoms with Gasteiger partial charge in [-0.25, -0.2) is 4.98 Å². The van der Waals surface area contributed by atoms with Gasteiger partial charge in [-0.05, 0) is 38.3 Å². The molecule has 1 aromatic heterocycles. The Kier molecular flexibility index (Phi) is 5.46. The van der Waals surface area contributed by atoms with Gasteiger partial charge in [0.1, 0.15) is 0 Å². The number of rotatable bonds is 4. The fourth-order valence-corrected chi connectivity index (χ4v) is 3.80. The smallest absolute Gasteiger partial charge is 0.0958 e. The number of β-amino-alcohol motifs (C(OH)–C–C–N with tert-alkyl or cyclic N) is 1. The van der Waals surface area contributed by atoms with Crippen molar-refractivity contribution in [3.8, 4) is 0 Å². The zero-order valence-electron chi connectivity index (χ0n) is 14.2. The van der Waals surface area contributed by atoms with E-state index in [0.717, 1.165) is 63.7 Å². The summed E-state index contributed by atoms with van der Waals surface area (Å²) < 4.78 is 0. The van der Waals surface area contributed by atoms with E-state index >= 15 is 0 Å². The number of hydrogen-bond acceptors (Lipinski definition) is 6. The Morgan fingerprint density at radius 1 is 1.13 bits per heavy atom. The van der Waals surface area contributed by atoms with Crippen molar-refractivity contribution in [3.63, 3.8) is 0 Å². The first kappa shape index (κ1) is 17.0. The fraction of sp³-hybridized carbons (Fsp3) is 0.706. The van der Waals surface area contributed by atoms with Gasteiger partial charge in [0, 0.05) is 45.8 Å². The molecule has 0 unspecified atom stereocenters. The number of thioether (sulfide) groups is 1. The Morgan fingerprint density at radius 2 is 1.83 bits per heavy atom. The van der Waals surface area contributed by atoms with Gasteiger partial charge in [0.2, 0.25) is 0 Å². The van der Waals surface area contributed by atoms with Gasteiger partial charge in [-0.15, -0.1) is 11.8 Å². The van der Waals surface area contributed by atoms with E-state index in [1.165, 1.54) is 5.69 Å². The molecule has 0 amide bonds. The van der Waals surface area contributed by atoms with Crippen molar-refractivity contribution < 1.29 is 5.11 Å². The number of likely N-dealkylation sites (N-methyl/N-ethyl adjacent to an activating group) is 1. The van der Waals surface area contributed by atoms with E-state index in [2.05, 4.69) is 38.9 Å². The minimum absolute atomic E-state index is 0.529. The molecule has 5 nitrogen and oxygen atoms in total. The van der Waals surface area contributed by atoms with E-state index in [4.69, 9.17) is 0 Å². The largest absolute Gasteiger partial charge is 0.388 e. The molecule has 2 aliphatic rings. The summed E-state index contributed by atoms with van der Waals surface area (Å²) in [6.45, 7) is 6.99. The number of pyridine rings is 1. The standard InChI is InChI=1S/C17H28N4OS/c1-19-9-11-20(12-10-19)14-17(22)5-7-21(8-6-17)15-3-4-16(23-2)18-13-15/h3-4,13,22H,5-12,14H2,1-2H3. The lowest BCUT2D eigenvalue weighted by molar-refractivity contribution is -0.0250. The molecule has 3 heterocycles. The van der Waals surface area contributed by atoms with Crippen molar-refractivity contribution in [1.82, 2.24) is 14.8 Å². The van der Waals surface area contributed by atoms with E-state index < -0.39 is 5.60 Å². The summed E-state index contributed by atoms with van der Waals surface area (Å²) >= 11 is 1.66.